The van der Waals surface area contributed by atoms with Crippen molar-refractivity contribution in [2.45, 2.75) is 18.4 Å². The van der Waals surface area contributed by atoms with Gasteiger partial charge in [0.1, 0.15) is 17.0 Å². The molecule has 0 unspecified atom stereocenters. The molecule has 1 aromatic carbocycles. The molecule has 0 saturated carbocycles. The fraction of sp³-hybridized carbons (Fsp3) is 0.167. The van der Waals surface area contributed by atoms with E-state index in [9.17, 15) is 19.7 Å². The fourth-order valence-corrected chi connectivity index (χ4v) is 3.55. The number of amides is 2. The van der Waals surface area contributed by atoms with Crippen LogP contribution in [-0.2, 0) is 11.3 Å². The maximum atomic E-state index is 12.6. The lowest BCUT2D eigenvalue weighted by atomic mass is 10.1. The molecule has 0 saturated heterocycles. The molecule has 3 rings (SSSR count). The summed E-state index contributed by atoms with van der Waals surface area (Å²) in [5, 5.41) is 18.4. The van der Waals surface area contributed by atoms with Crippen molar-refractivity contribution in [2.24, 2.45) is 0 Å². The summed E-state index contributed by atoms with van der Waals surface area (Å²) >= 11 is 2.55. The van der Waals surface area contributed by atoms with E-state index in [0.29, 0.717) is 17.2 Å². The van der Waals surface area contributed by atoms with Gasteiger partial charge in [-0.3, -0.25) is 25.0 Å². The number of nitro benzene ring substituents is 1. The maximum absolute atomic E-state index is 12.6. The Morgan fingerprint density at radius 3 is 2.79 bits per heavy atom. The van der Waals surface area contributed by atoms with Gasteiger partial charge in [0, 0.05) is 23.3 Å². The number of hydrogen-bond acceptors (Lipinski definition) is 8. The number of nitrogens with zero attached hydrogens (tertiary/aromatic N) is 2. The maximum Gasteiger partial charge on any atom is 0.282 e. The first-order valence-corrected chi connectivity index (χ1v) is 10.4. The number of nitrogens with one attached hydrogen (secondary N) is 2. The van der Waals surface area contributed by atoms with Gasteiger partial charge >= 0.3 is 0 Å². The number of benzene rings is 1. The molecule has 0 aliphatic rings. The van der Waals surface area contributed by atoms with E-state index in [1.165, 1.54) is 42.2 Å². The van der Waals surface area contributed by atoms with Crippen LogP contribution in [0.1, 0.15) is 23.0 Å². The number of anilines is 1. The van der Waals surface area contributed by atoms with Crippen molar-refractivity contribution in [1.82, 2.24) is 10.3 Å². The molecule has 11 heteroatoms. The van der Waals surface area contributed by atoms with Crippen LogP contribution >= 0.6 is 23.1 Å². The number of aromatic nitrogens is 1. The van der Waals surface area contributed by atoms with E-state index < -0.39 is 10.8 Å². The Bertz CT molecular complexity index is 1080. The van der Waals surface area contributed by atoms with Gasteiger partial charge < -0.3 is 9.73 Å². The van der Waals surface area contributed by atoms with Gasteiger partial charge in [-0.05, 0) is 30.5 Å². The largest absolute Gasteiger partial charge is 0.458 e. The molecule has 9 nitrogen and oxygen atoms in total. The third kappa shape index (κ3) is 5.00. The van der Waals surface area contributed by atoms with Crippen molar-refractivity contribution in [3.05, 3.63) is 57.1 Å². The number of hydrogen-bond donors (Lipinski definition) is 2. The van der Waals surface area contributed by atoms with E-state index in [1.54, 1.807) is 23.6 Å². The van der Waals surface area contributed by atoms with Crippen LogP contribution in [-0.4, -0.2) is 28.0 Å². The molecule has 2 amide bonds. The van der Waals surface area contributed by atoms with Gasteiger partial charge in [0.2, 0.25) is 5.91 Å². The topological polar surface area (TPSA) is 127 Å². The number of carbonyl (C=O) groups is 2. The van der Waals surface area contributed by atoms with Gasteiger partial charge in [0.05, 0.1) is 11.5 Å². The highest BCUT2D eigenvalue weighted by molar-refractivity contribution is 7.98. The Hall–Kier alpha value is -3.18. The molecular weight excluding hydrogens is 416 g/mol. The number of rotatable bonds is 7. The summed E-state index contributed by atoms with van der Waals surface area (Å²) in [6, 6.07) is 7.82. The lowest BCUT2D eigenvalue weighted by molar-refractivity contribution is -0.385. The van der Waals surface area contributed by atoms with E-state index in [0.717, 1.165) is 4.90 Å². The Balaban J connectivity index is 1.76. The van der Waals surface area contributed by atoms with Crippen LogP contribution < -0.4 is 10.6 Å². The summed E-state index contributed by atoms with van der Waals surface area (Å²) in [5.74, 6) is 0.274. The molecule has 0 bridgehead atoms. The lowest BCUT2D eigenvalue weighted by Crippen LogP contribution is -2.18. The van der Waals surface area contributed by atoms with E-state index in [4.69, 9.17) is 4.42 Å². The molecule has 0 radical (unpaired) electrons. The smallest absolute Gasteiger partial charge is 0.282 e. The molecule has 150 valence electrons. The fourth-order valence-electron chi connectivity index (χ4n) is 2.41. The summed E-state index contributed by atoms with van der Waals surface area (Å²) in [6.07, 6.45) is 1.82. The third-order valence-corrected chi connectivity index (χ3v) is 5.28. The average molecular weight is 432 g/mol. The second-order valence-corrected chi connectivity index (χ2v) is 7.55. The zero-order valence-electron chi connectivity index (χ0n) is 15.4. The van der Waals surface area contributed by atoms with Crippen LogP contribution in [0.15, 0.2) is 45.0 Å². The highest BCUT2D eigenvalue weighted by Crippen LogP contribution is 2.29. The molecule has 2 N–H and O–H groups in total. The summed E-state index contributed by atoms with van der Waals surface area (Å²) in [6.45, 7) is 1.68. The van der Waals surface area contributed by atoms with E-state index >= 15 is 0 Å². The molecule has 2 heterocycles. The Labute approximate surface area is 173 Å². The molecular formula is C18H16N4O5S2. The minimum Gasteiger partial charge on any atom is -0.458 e. The van der Waals surface area contributed by atoms with Gasteiger partial charge in [0.15, 0.2) is 10.9 Å². The second-order valence-electron chi connectivity index (χ2n) is 5.81. The SMILES string of the molecule is CSc1ccc([N+](=O)[O-])c(C(=O)Nc2nc(-c3ccc(CNC(C)=O)o3)cs2)c1. The number of thioether (sulfide) groups is 1. The van der Waals surface area contributed by atoms with Crippen LogP contribution in [0.25, 0.3) is 11.5 Å². The van der Waals surface area contributed by atoms with Gasteiger partial charge in [-0.1, -0.05) is 0 Å². The van der Waals surface area contributed by atoms with Crippen LogP contribution in [0, 0.1) is 10.1 Å². The second kappa shape index (κ2) is 8.88. The first kappa shape index (κ1) is 20.6. The predicted octanol–water partition coefficient (Wildman–Crippen LogP) is 3.92. The van der Waals surface area contributed by atoms with Crippen molar-refractivity contribution in [1.29, 1.82) is 0 Å². The molecule has 0 atom stereocenters. The summed E-state index contributed by atoms with van der Waals surface area (Å²) in [7, 11) is 0. The normalized spacial score (nSPS) is 10.6. The molecule has 0 fully saturated rings. The predicted molar refractivity (Wildman–Crippen MR) is 110 cm³/mol. The quantitative estimate of drug-likeness (QED) is 0.329. The molecule has 0 aliphatic heterocycles. The van der Waals surface area contributed by atoms with Crippen molar-refractivity contribution < 1.29 is 18.9 Å². The van der Waals surface area contributed by atoms with Crippen LogP contribution in [0.5, 0.6) is 0 Å². The van der Waals surface area contributed by atoms with Gasteiger partial charge in [-0.2, -0.15) is 0 Å². The van der Waals surface area contributed by atoms with Crippen LogP contribution in [0.2, 0.25) is 0 Å². The average Bonchev–Trinajstić information content (AvgIpc) is 3.35. The summed E-state index contributed by atoms with van der Waals surface area (Å²) < 4.78 is 5.63. The first-order valence-electron chi connectivity index (χ1n) is 8.30. The van der Waals surface area contributed by atoms with E-state index in [2.05, 4.69) is 15.6 Å². The third-order valence-electron chi connectivity index (χ3n) is 3.80. The molecule has 0 spiro atoms. The number of nitro groups is 1. The van der Waals surface area contributed by atoms with Crippen molar-refractivity contribution >= 4 is 45.7 Å². The van der Waals surface area contributed by atoms with E-state index in [-0.39, 0.29) is 28.8 Å². The van der Waals surface area contributed by atoms with Crippen LogP contribution in [0.3, 0.4) is 0 Å². The number of thiazole rings is 1. The zero-order valence-corrected chi connectivity index (χ0v) is 17.1. The van der Waals surface area contributed by atoms with Gasteiger partial charge in [-0.15, -0.1) is 23.1 Å². The Morgan fingerprint density at radius 1 is 1.31 bits per heavy atom. The zero-order chi connectivity index (χ0) is 21.0. The number of carbonyl (C=O) groups excluding carboxylic acids is 2. The first-order chi connectivity index (χ1) is 13.9. The van der Waals surface area contributed by atoms with Gasteiger partial charge in [-0.25, -0.2) is 4.98 Å². The van der Waals surface area contributed by atoms with Crippen LogP contribution in [0.4, 0.5) is 10.8 Å². The minimum absolute atomic E-state index is 0.0332. The summed E-state index contributed by atoms with van der Waals surface area (Å²) in [4.78, 5) is 39.2. The standard InChI is InChI=1S/C18H16N4O5S2/c1-10(23)19-8-11-3-6-16(27-11)14-9-29-18(20-14)21-17(24)13-7-12(28-2)4-5-15(13)22(25)26/h3-7,9H,8H2,1-2H3,(H,19,23)(H,20,21,24). The molecule has 3 aromatic rings. The highest BCUT2D eigenvalue weighted by Gasteiger charge is 2.22. The molecule has 0 aliphatic carbocycles. The monoisotopic (exact) mass is 432 g/mol. The molecule has 29 heavy (non-hydrogen) atoms. The van der Waals surface area contributed by atoms with E-state index in [1.807, 2.05) is 6.26 Å². The summed E-state index contributed by atoms with van der Waals surface area (Å²) in [5.41, 5.74) is 0.201. The Kier molecular flexibility index (Phi) is 6.29. The minimum atomic E-state index is -0.612. The Morgan fingerprint density at radius 2 is 2.10 bits per heavy atom. The van der Waals surface area contributed by atoms with Crippen molar-refractivity contribution in [3.8, 4) is 11.5 Å². The number of furan rings is 1. The molecule has 2 aromatic heterocycles. The van der Waals surface area contributed by atoms with Crippen molar-refractivity contribution in [2.75, 3.05) is 11.6 Å². The lowest BCUT2D eigenvalue weighted by Gasteiger charge is -2.05. The van der Waals surface area contributed by atoms with Crippen molar-refractivity contribution in [3.63, 3.8) is 0 Å². The van der Waals surface area contributed by atoms with Gasteiger partial charge in [0.25, 0.3) is 11.6 Å². The highest BCUT2D eigenvalue weighted by atomic mass is 32.2.